The maximum absolute atomic E-state index is 6.13. The highest BCUT2D eigenvalue weighted by atomic mass is 16.3. The van der Waals surface area contributed by atoms with Gasteiger partial charge in [-0.15, -0.1) is 0 Å². The number of fused-ring (bicyclic) bond motifs is 7. The van der Waals surface area contributed by atoms with E-state index in [1.807, 2.05) is 0 Å². The lowest BCUT2D eigenvalue weighted by atomic mass is 9.95. The zero-order valence-corrected chi connectivity index (χ0v) is 18.8. The van der Waals surface area contributed by atoms with Crippen LogP contribution in [0.4, 0.5) is 0 Å². The molecule has 2 heterocycles. The molecule has 0 spiro atoms. The van der Waals surface area contributed by atoms with Gasteiger partial charge in [-0.05, 0) is 81.6 Å². The van der Waals surface area contributed by atoms with E-state index in [9.17, 15) is 0 Å². The van der Waals surface area contributed by atoms with Crippen molar-refractivity contribution in [3.63, 3.8) is 0 Å². The summed E-state index contributed by atoms with van der Waals surface area (Å²) in [5, 5.41) is 10.0. The lowest BCUT2D eigenvalue weighted by Crippen LogP contribution is -1.81. The third-order valence-electron chi connectivity index (χ3n) is 6.76. The molecule has 2 heteroatoms. The third kappa shape index (κ3) is 3.17. The van der Waals surface area contributed by atoms with Crippen molar-refractivity contribution in [3.8, 4) is 0 Å². The SMILES string of the molecule is CCCCc1cc2cc3c(ccc4c5cc6cc(CCCC)oc6cc5ccc34)cc2o1. The van der Waals surface area contributed by atoms with Gasteiger partial charge in [-0.25, -0.2) is 0 Å². The van der Waals surface area contributed by atoms with Gasteiger partial charge >= 0.3 is 0 Å². The van der Waals surface area contributed by atoms with Crippen molar-refractivity contribution in [2.45, 2.75) is 52.4 Å². The molecule has 6 aromatic rings. The van der Waals surface area contributed by atoms with Crippen LogP contribution in [0.25, 0.3) is 54.3 Å². The molecule has 0 unspecified atom stereocenters. The van der Waals surface area contributed by atoms with Crippen LogP contribution in [0.3, 0.4) is 0 Å². The number of hydrogen-bond donors (Lipinski definition) is 0. The smallest absolute Gasteiger partial charge is 0.134 e. The molecular weight excluding hydrogens is 392 g/mol. The van der Waals surface area contributed by atoms with E-state index in [4.69, 9.17) is 8.83 Å². The molecule has 0 aliphatic carbocycles. The number of aryl methyl sites for hydroxylation is 2. The fourth-order valence-electron chi connectivity index (χ4n) is 5.00. The molecule has 0 bridgehead atoms. The van der Waals surface area contributed by atoms with Crippen molar-refractivity contribution >= 4 is 54.3 Å². The minimum Gasteiger partial charge on any atom is -0.461 e. The Hall–Kier alpha value is -3.26. The Morgan fingerprint density at radius 1 is 0.500 bits per heavy atom. The van der Waals surface area contributed by atoms with Gasteiger partial charge in [0.1, 0.15) is 22.7 Å². The fraction of sp³-hybridized carbons (Fsp3) is 0.267. The monoisotopic (exact) mass is 420 g/mol. The second kappa shape index (κ2) is 7.70. The minimum absolute atomic E-state index is 0.989. The molecule has 0 fully saturated rings. The van der Waals surface area contributed by atoms with Crippen molar-refractivity contribution in [2.75, 3.05) is 0 Å². The van der Waals surface area contributed by atoms with Gasteiger partial charge in [-0.1, -0.05) is 51.0 Å². The van der Waals surface area contributed by atoms with E-state index in [-0.39, 0.29) is 0 Å². The van der Waals surface area contributed by atoms with Gasteiger partial charge in [0.05, 0.1) is 0 Å². The topological polar surface area (TPSA) is 26.3 Å². The van der Waals surface area contributed by atoms with Gasteiger partial charge in [-0.3, -0.25) is 0 Å². The van der Waals surface area contributed by atoms with Crippen LogP contribution in [-0.2, 0) is 12.8 Å². The van der Waals surface area contributed by atoms with Crippen LogP contribution in [0, 0.1) is 0 Å². The van der Waals surface area contributed by atoms with Crippen LogP contribution in [0.1, 0.15) is 51.1 Å². The third-order valence-corrected chi connectivity index (χ3v) is 6.76. The number of rotatable bonds is 6. The second-order valence-electron chi connectivity index (χ2n) is 9.08. The Bertz CT molecular complexity index is 1470. The van der Waals surface area contributed by atoms with Crippen molar-refractivity contribution in [1.82, 2.24) is 0 Å². The first kappa shape index (κ1) is 19.4. The van der Waals surface area contributed by atoms with Gasteiger partial charge in [0.25, 0.3) is 0 Å². The average molecular weight is 421 g/mol. The first-order chi connectivity index (χ1) is 15.7. The van der Waals surface area contributed by atoms with Crippen LogP contribution in [0.2, 0.25) is 0 Å². The van der Waals surface area contributed by atoms with E-state index in [0.29, 0.717) is 0 Å². The van der Waals surface area contributed by atoms with Gasteiger partial charge in [0.15, 0.2) is 0 Å². The summed E-state index contributed by atoms with van der Waals surface area (Å²) < 4.78 is 12.3. The Labute approximate surface area is 187 Å². The van der Waals surface area contributed by atoms with E-state index in [2.05, 4.69) is 74.5 Å². The summed E-state index contributed by atoms with van der Waals surface area (Å²) >= 11 is 0. The lowest BCUT2D eigenvalue weighted by molar-refractivity contribution is 0.536. The Morgan fingerprint density at radius 2 is 0.969 bits per heavy atom. The quantitative estimate of drug-likeness (QED) is 0.251. The predicted molar refractivity (Wildman–Crippen MR) is 136 cm³/mol. The van der Waals surface area contributed by atoms with Crippen molar-refractivity contribution < 1.29 is 8.83 Å². The molecule has 2 aromatic heterocycles. The molecule has 6 rings (SSSR count). The zero-order chi connectivity index (χ0) is 21.7. The molecule has 0 radical (unpaired) electrons. The lowest BCUT2D eigenvalue weighted by Gasteiger charge is -2.08. The molecule has 0 amide bonds. The molecule has 32 heavy (non-hydrogen) atoms. The fourth-order valence-corrected chi connectivity index (χ4v) is 5.00. The van der Waals surface area contributed by atoms with Crippen LogP contribution in [-0.4, -0.2) is 0 Å². The zero-order valence-electron chi connectivity index (χ0n) is 18.8. The molecule has 2 nitrogen and oxygen atoms in total. The van der Waals surface area contributed by atoms with Gasteiger partial charge in [-0.2, -0.15) is 0 Å². The molecule has 0 aliphatic rings. The minimum atomic E-state index is 0.989. The summed E-state index contributed by atoms with van der Waals surface area (Å²) in [5.74, 6) is 2.18. The number of benzene rings is 4. The predicted octanol–water partition coefficient (Wildman–Crippen LogP) is 9.32. The molecule has 0 saturated heterocycles. The highest BCUT2D eigenvalue weighted by Crippen LogP contribution is 2.36. The maximum atomic E-state index is 6.13. The van der Waals surface area contributed by atoms with E-state index < -0.39 is 0 Å². The first-order valence-corrected chi connectivity index (χ1v) is 12.0. The normalized spacial score (nSPS) is 12.2. The summed E-state index contributed by atoms with van der Waals surface area (Å²) in [6.45, 7) is 4.44. The van der Waals surface area contributed by atoms with Gasteiger partial charge in [0.2, 0.25) is 0 Å². The molecule has 4 aromatic carbocycles. The Balaban J connectivity index is 1.54. The summed E-state index contributed by atoms with van der Waals surface area (Å²) in [5.41, 5.74) is 1.98. The summed E-state index contributed by atoms with van der Waals surface area (Å²) in [7, 11) is 0. The van der Waals surface area contributed by atoms with Crippen molar-refractivity contribution in [3.05, 3.63) is 72.2 Å². The van der Waals surface area contributed by atoms with E-state index in [1.54, 1.807) is 0 Å². The largest absolute Gasteiger partial charge is 0.461 e. The Kier molecular flexibility index (Phi) is 4.68. The molecule has 0 N–H and O–H groups in total. The Morgan fingerprint density at radius 3 is 1.41 bits per heavy atom. The highest BCUT2D eigenvalue weighted by Gasteiger charge is 2.11. The van der Waals surface area contributed by atoms with E-state index >= 15 is 0 Å². The molecular formula is C30H28O2. The highest BCUT2D eigenvalue weighted by molar-refractivity contribution is 6.20. The standard InChI is InChI=1S/C30H28O2/c1-3-5-7-23-13-21-15-27-19(17-29(21)31-23)9-11-26-25(27)12-10-20-18-30-22(16-28(20)26)14-24(32-30)8-6-4-2/h9-18H,3-8H2,1-2H3. The number of hydrogen-bond acceptors (Lipinski definition) is 2. The number of furan rings is 2. The number of unbranched alkanes of at least 4 members (excludes halogenated alkanes) is 2. The molecule has 160 valence electrons. The van der Waals surface area contributed by atoms with Crippen molar-refractivity contribution in [1.29, 1.82) is 0 Å². The van der Waals surface area contributed by atoms with Crippen LogP contribution in [0.5, 0.6) is 0 Å². The van der Waals surface area contributed by atoms with E-state index in [0.717, 1.165) is 48.4 Å². The molecule has 0 atom stereocenters. The van der Waals surface area contributed by atoms with Crippen molar-refractivity contribution in [2.24, 2.45) is 0 Å². The first-order valence-electron chi connectivity index (χ1n) is 12.0. The van der Waals surface area contributed by atoms with Crippen LogP contribution < -0.4 is 0 Å². The summed E-state index contributed by atoms with van der Waals surface area (Å²) in [6.07, 6.45) is 6.71. The second-order valence-corrected chi connectivity index (χ2v) is 9.08. The van der Waals surface area contributed by atoms with E-state index in [1.165, 1.54) is 55.9 Å². The van der Waals surface area contributed by atoms with Gasteiger partial charge in [0, 0.05) is 23.6 Å². The molecule has 0 saturated carbocycles. The molecule has 0 aliphatic heterocycles. The van der Waals surface area contributed by atoms with Gasteiger partial charge < -0.3 is 8.83 Å². The van der Waals surface area contributed by atoms with Crippen LogP contribution >= 0.6 is 0 Å². The maximum Gasteiger partial charge on any atom is 0.134 e. The summed E-state index contributed by atoms with van der Waals surface area (Å²) in [6, 6.07) is 22.4. The summed E-state index contributed by atoms with van der Waals surface area (Å²) in [4.78, 5) is 0. The average Bonchev–Trinajstić information content (AvgIpc) is 3.40. The van der Waals surface area contributed by atoms with Crippen LogP contribution in [0.15, 0.2) is 69.5 Å².